The van der Waals surface area contributed by atoms with Crippen LogP contribution in [0.1, 0.15) is 37.3 Å². The molecule has 280 valence electrons. The Bertz CT molecular complexity index is 1730. The molecule has 3 heterocycles. The standard InChI is InChI=1S/C39H58BN5O5Si2/c1-47-36(39(46)48-2)30-16-14-29(15-17-30)35-34(40)38(44(26-49-20-22-51(3,4)5)27-50-21-23-52(6,7)8)45-37(43-35)32(25-42-45)31-18-19-33(41-24-31)28-12-10-9-11-13-28/h9-13,18-19,24-25,29-30,36H,14-17,20-23,26-27,40H2,1-8H3/t29-,30-,36?. The number of pyridine rings is 1. The van der Waals surface area contributed by atoms with E-state index in [0.29, 0.717) is 26.7 Å². The van der Waals surface area contributed by atoms with Gasteiger partial charge < -0.3 is 23.8 Å². The normalized spacial score (nSPS) is 17.3. The number of rotatable bonds is 17. The Morgan fingerprint density at radius 1 is 0.885 bits per heavy atom. The fraction of sp³-hybridized carbons (Fsp3) is 0.538. The van der Waals surface area contributed by atoms with Crippen LogP contribution < -0.4 is 10.4 Å². The Kier molecular flexibility index (Phi) is 13.5. The first-order valence-corrected chi connectivity index (χ1v) is 26.1. The van der Waals surface area contributed by atoms with Gasteiger partial charge in [0.25, 0.3) is 0 Å². The van der Waals surface area contributed by atoms with E-state index in [1.807, 2.05) is 35.1 Å². The van der Waals surface area contributed by atoms with E-state index in [-0.39, 0.29) is 17.8 Å². The van der Waals surface area contributed by atoms with Crippen molar-refractivity contribution in [3.8, 4) is 22.4 Å². The van der Waals surface area contributed by atoms with Crippen LogP contribution in [0.25, 0.3) is 28.0 Å². The van der Waals surface area contributed by atoms with Crippen LogP contribution in [-0.4, -0.2) is 96.5 Å². The Morgan fingerprint density at radius 2 is 1.52 bits per heavy atom. The third-order valence-electron chi connectivity index (χ3n) is 10.1. The molecule has 5 rings (SSSR count). The molecule has 1 aliphatic carbocycles. The maximum absolute atomic E-state index is 12.5. The quantitative estimate of drug-likeness (QED) is 0.0512. The second-order valence-corrected chi connectivity index (χ2v) is 27.8. The summed E-state index contributed by atoms with van der Waals surface area (Å²) in [6.07, 6.45) is 6.74. The summed E-state index contributed by atoms with van der Waals surface area (Å²) in [5.74, 6) is 0.943. The smallest absolute Gasteiger partial charge is 0.335 e. The summed E-state index contributed by atoms with van der Waals surface area (Å²) in [4.78, 5) is 24.9. The molecule has 0 radical (unpaired) electrons. The minimum atomic E-state index is -1.27. The molecule has 1 aromatic carbocycles. The van der Waals surface area contributed by atoms with Gasteiger partial charge in [-0.15, -0.1) is 0 Å². The van der Waals surface area contributed by atoms with E-state index < -0.39 is 22.3 Å². The summed E-state index contributed by atoms with van der Waals surface area (Å²) >= 11 is 0. The van der Waals surface area contributed by atoms with Gasteiger partial charge in [0.1, 0.15) is 27.1 Å². The number of methoxy groups -OCH3 is 2. The van der Waals surface area contributed by atoms with Crippen LogP contribution in [-0.2, 0) is 23.7 Å². The summed E-state index contributed by atoms with van der Waals surface area (Å²) in [6, 6.07) is 16.5. The van der Waals surface area contributed by atoms with Gasteiger partial charge in [0.05, 0.1) is 19.0 Å². The van der Waals surface area contributed by atoms with E-state index in [9.17, 15) is 4.79 Å². The molecule has 10 nitrogen and oxygen atoms in total. The predicted molar refractivity (Wildman–Crippen MR) is 218 cm³/mol. The van der Waals surface area contributed by atoms with Gasteiger partial charge in [-0.25, -0.2) is 9.78 Å². The van der Waals surface area contributed by atoms with Crippen LogP contribution >= 0.6 is 0 Å². The molecule has 0 spiro atoms. The van der Waals surface area contributed by atoms with E-state index in [1.165, 1.54) is 7.11 Å². The van der Waals surface area contributed by atoms with E-state index >= 15 is 0 Å². The van der Waals surface area contributed by atoms with Gasteiger partial charge >= 0.3 is 5.97 Å². The number of fused-ring (bicyclic) bond motifs is 1. The molecule has 0 N–H and O–H groups in total. The molecule has 1 atom stereocenters. The van der Waals surface area contributed by atoms with Crippen molar-refractivity contribution in [3.05, 3.63) is 60.6 Å². The fourth-order valence-corrected chi connectivity index (χ4v) is 8.45. The molecule has 52 heavy (non-hydrogen) atoms. The summed E-state index contributed by atoms with van der Waals surface area (Å²) < 4.78 is 25.4. The van der Waals surface area contributed by atoms with Crippen molar-refractivity contribution in [1.29, 1.82) is 0 Å². The van der Waals surface area contributed by atoms with E-state index in [1.54, 1.807) is 7.11 Å². The zero-order chi connectivity index (χ0) is 37.5. The van der Waals surface area contributed by atoms with Crippen molar-refractivity contribution < 1.29 is 23.7 Å². The highest BCUT2D eigenvalue weighted by atomic mass is 28.3. The average Bonchev–Trinajstić information content (AvgIpc) is 3.54. The van der Waals surface area contributed by atoms with Crippen LogP contribution in [0.5, 0.6) is 0 Å². The predicted octanol–water partition coefficient (Wildman–Crippen LogP) is 6.61. The monoisotopic (exact) mass is 743 g/mol. The minimum Gasteiger partial charge on any atom is -0.467 e. The van der Waals surface area contributed by atoms with Gasteiger partial charge in [0, 0.05) is 71.0 Å². The SMILES string of the molecule is Bc1c(N(COCC[Si](C)(C)C)COCC[Si](C)(C)C)n2ncc(-c3ccc(-c4ccccc4)nc3)c2nc1[C@H]1CC[C@H](C(OC)C(=O)OC)CC1. The molecule has 0 amide bonds. The second-order valence-electron chi connectivity index (χ2n) is 16.6. The van der Waals surface area contributed by atoms with Crippen LogP contribution in [0.15, 0.2) is 54.9 Å². The van der Waals surface area contributed by atoms with Crippen LogP contribution in [0.4, 0.5) is 5.82 Å². The van der Waals surface area contributed by atoms with E-state index in [0.717, 1.165) is 82.8 Å². The zero-order valence-electron chi connectivity index (χ0n) is 32.8. The Labute approximate surface area is 313 Å². The van der Waals surface area contributed by atoms with Crippen LogP contribution in [0.3, 0.4) is 0 Å². The van der Waals surface area contributed by atoms with E-state index in [2.05, 4.69) is 76.3 Å². The lowest BCUT2D eigenvalue weighted by atomic mass is 9.75. The molecule has 1 saturated carbocycles. The van der Waals surface area contributed by atoms with Crippen molar-refractivity contribution in [2.45, 2.75) is 89.1 Å². The summed E-state index contributed by atoms with van der Waals surface area (Å²) in [6.45, 7) is 16.4. The number of ether oxygens (including phenoxy) is 4. The molecular formula is C39H58BN5O5Si2. The van der Waals surface area contributed by atoms with Crippen molar-refractivity contribution in [2.24, 2.45) is 5.92 Å². The topological polar surface area (TPSA) is 100 Å². The molecule has 1 unspecified atom stereocenters. The average molecular weight is 744 g/mol. The Morgan fingerprint density at radius 3 is 2.06 bits per heavy atom. The van der Waals surface area contributed by atoms with Gasteiger partial charge in [-0.3, -0.25) is 4.98 Å². The third-order valence-corrected chi connectivity index (χ3v) is 13.5. The molecule has 0 saturated heterocycles. The number of hydrogen-bond acceptors (Lipinski definition) is 9. The van der Waals surface area contributed by atoms with Crippen LogP contribution in [0, 0.1) is 5.92 Å². The lowest BCUT2D eigenvalue weighted by molar-refractivity contribution is -0.156. The van der Waals surface area contributed by atoms with Gasteiger partial charge in [0.15, 0.2) is 11.8 Å². The van der Waals surface area contributed by atoms with Gasteiger partial charge in [-0.05, 0) is 55.2 Å². The molecule has 1 fully saturated rings. The number of carbonyl (C=O) groups is 1. The van der Waals surface area contributed by atoms with Gasteiger partial charge in [0.2, 0.25) is 0 Å². The molecule has 1 aliphatic rings. The maximum Gasteiger partial charge on any atom is 0.335 e. The van der Waals surface area contributed by atoms with Crippen molar-refractivity contribution in [1.82, 2.24) is 19.6 Å². The van der Waals surface area contributed by atoms with Crippen LogP contribution in [0.2, 0.25) is 51.4 Å². The number of carbonyl (C=O) groups excluding carboxylic acids is 1. The molecular weight excluding hydrogens is 685 g/mol. The molecule has 0 aliphatic heterocycles. The number of benzene rings is 1. The Hall–Kier alpha value is -3.36. The highest BCUT2D eigenvalue weighted by molar-refractivity contribution is 6.76. The largest absolute Gasteiger partial charge is 0.467 e. The summed E-state index contributed by atoms with van der Waals surface area (Å²) in [7, 11) is 2.62. The first kappa shape index (κ1) is 39.8. The second kappa shape index (κ2) is 17.6. The first-order valence-electron chi connectivity index (χ1n) is 18.7. The lowest BCUT2D eigenvalue weighted by Crippen LogP contribution is -2.39. The minimum absolute atomic E-state index is 0.105. The van der Waals surface area contributed by atoms with Gasteiger partial charge in [-0.1, -0.05) is 75.7 Å². The van der Waals surface area contributed by atoms with Crippen molar-refractivity contribution in [2.75, 3.05) is 45.8 Å². The molecule has 4 aromatic rings. The number of nitrogens with zero attached hydrogens (tertiary/aromatic N) is 5. The number of hydrogen-bond donors (Lipinski definition) is 0. The number of aromatic nitrogens is 4. The van der Waals surface area contributed by atoms with Gasteiger partial charge in [-0.2, -0.15) is 9.61 Å². The third kappa shape index (κ3) is 10.2. The maximum atomic E-state index is 12.5. The summed E-state index contributed by atoms with van der Waals surface area (Å²) in [5, 5.41) is 4.97. The highest BCUT2D eigenvalue weighted by Gasteiger charge is 2.35. The molecule has 13 heteroatoms. The van der Waals surface area contributed by atoms with E-state index in [4.69, 9.17) is 34.0 Å². The summed E-state index contributed by atoms with van der Waals surface area (Å²) in [5.41, 5.74) is 6.78. The molecule has 0 bridgehead atoms. The lowest BCUT2D eigenvalue weighted by Gasteiger charge is -2.33. The zero-order valence-corrected chi connectivity index (χ0v) is 34.8. The highest BCUT2D eigenvalue weighted by Crippen LogP contribution is 2.38. The van der Waals surface area contributed by atoms with Crippen molar-refractivity contribution >= 4 is 46.9 Å². The van der Waals surface area contributed by atoms with Crippen molar-refractivity contribution in [3.63, 3.8) is 0 Å². The molecule has 3 aromatic heterocycles. The fourth-order valence-electron chi connectivity index (χ4n) is 6.94. The number of esters is 1. The Balaban J connectivity index is 1.54. The first-order chi connectivity index (χ1) is 24.8. The number of anilines is 1.